The Balaban J connectivity index is 2.21. The SMILES string of the molecule is C=CCCNc1nc(Nc2cnn(C(C)(C)C)c2)ncc1C(N)=O. The molecule has 0 aliphatic rings. The van der Waals surface area contributed by atoms with Crippen molar-refractivity contribution >= 4 is 23.4 Å². The second-order valence-corrected chi connectivity index (χ2v) is 6.29. The molecule has 0 unspecified atom stereocenters. The summed E-state index contributed by atoms with van der Waals surface area (Å²) in [6, 6.07) is 0. The quantitative estimate of drug-likeness (QED) is 0.531. The van der Waals surface area contributed by atoms with E-state index in [-0.39, 0.29) is 11.1 Å². The minimum Gasteiger partial charge on any atom is -0.369 e. The first-order valence-electron chi connectivity index (χ1n) is 7.65. The molecule has 0 bridgehead atoms. The predicted octanol–water partition coefficient (Wildman–Crippen LogP) is 2.26. The van der Waals surface area contributed by atoms with Crippen molar-refractivity contribution in [3.05, 3.63) is 36.8 Å². The van der Waals surface area contributed by atoms with Gasteiger partial charge in [0.2, 0.25) is 5.95 Å². The van der Waals surface area contributed by atoms with Crippen LogP contribution in [0.5, 0.6) is 0 Å². The van der Waals surface area contributed by atoms with Crippen LogP contribution >= 0.6 is 0 Å². The lowest BCUT2D eigenvalue weighted by Gasteiger charge is -2.18. The van der Waals surface area contributed by atoms with Crippen LogP contribution in [0.4, 0.5) is 17.5 Å². The Morgan fingerprint density at radius 2 is 2.17 bits per heavy atom. The van der Waals surface area contributed by atoms with Crippen LogP contribution in [0.3, 0.4) is 0 Å². The molecule has 0 aliphatic heterocycles. The predicted molar refractivity (Wildman–Crippen MR) is 94.4 cm³/mol. The molecule has 0 radical (unpaired) electrons. The number of nitrogens with one attached hydrogen (secondary N) is 2. The fourth-order valence-electron chi connectivity index (χ4n) is 1.93. The van der Waals surface area contributed by atoms with Crippen LogP contribution in [0.1, 0.15) is 37.6 Å². The van der Waals surface area contributed by atoms with Crippen LogP contribution in [0.2, 0.25) is 0 Å². The highest BCUT2D eigenvalue weighted by Gasteiger charge is 2.15. The Morgan fingerprint density at radius 1 is 1.42 bits per heavy atom. The summed E-state index contributed by atoms with van der Waals surface area (Å²) in [6.45, 7) is 10.4. The summed E-state index contributed by atoms with van der Waals surface area (Å²) >= 11 is 0. The van der Waals surface area contributed by atoms with Gasteiger partial charge in [-0.25, -0.2) is 4.98 Å². The van der Waals surface area contributed by atoms with Crippen molar-refractivity contribution in [3.8, 4) is 0 Å². The third-order valence-electron chi connectivity index (χ3n) is 3.22. The molecular weight excluding hydrogens is 306 g/mol. The molecule has 1 amide bonds. The lowest BCUT2D eigenvalue weighted by atomic mass is 10.1. The van der Waals surface area contributed by atoms with Gasteiger partial charge >= 0.3 is 0 Å². The van der Waals surface area contributed by atoms with Gasteiger partial charge in [-0.2, -0.15) is 10.1 Å². The zero-order valence-corrected chi connectivity index (χ0v) is 14.2. The molecule has 24 heavy (non-hydrogen) atoms. The first-order chi connectivity index (χ1) is 11.3. The van der Waals surface area contributed by atoms with Gasteiger partial charge in [0, 0.05) is 18.9 Å². The minimum atomic E-state index is -0.580. The number of amides is 1. The van der Waals surface area contributed by atoms with E-state index in [1.807, 2.05) is 10.9 Å². The van der Waals surface area contributed by atoms with Gasteiger partial charge in [-0.1, -0.05) is 6.08 Å². The smallest absolute Gasteiger partial charge is 0.254 e. The minimum absolute atomic E-state index is 0.117. The Labute approximate surface area is 141 Å². The number of hydrogen-bond donors (Lipinski definition) is 3. The number of carbonyl (C=O) groups is 1. The molecule has 4 N–H and O–H groups in total. The van der Waals surface area contributed by atoms with Crippen molar-refractivity contribution in [1.29, 1.82) is 0 Å². The molecule has 0 saturated heterocycles. The second kappa shape index (κ2) is 7.12. The molecule has 2 aromatic heterocycles. The maximum atomic E-state index is 11.5. The molecule has 0 fully saturated rings. The van der Waals surface area contributed by atoms with Gasteiger partial charge in [0.05, 0.1) is 23.0 Å². The van der Waals surface area contributed by atoms with Gasteiger partial charge in [-0.15, -0.1) is 6.58 Å². The average Bonchev–Trinajstić information content (AvgIpc) is 2.96. The van der Waals surface area contributed by atoms with Gasteiger partial charge in [-0.3, -0.25) is 9.48 Å². The summed E-state index contributed by atoms with van der Waals surface area (Å²) < 4.78 is 1.84. The molecule has 128 valence electrons. The molecule has 0 aliphatic carbocycles. The number of carbonyl (C=O) groups excluding carboxylic acids is 1. The third-order valence-corrected chi connectivity index (χ3v) is 3.22. The van der Waals surface area contributed by atoms with Crippen molar-refractivity contribution in [2.24, 2.45) is 5.73 Å². The van der Waals surface area contributed by atoms with Crippen molar-refractivity contribution in [2.45, 2.75) is 32.7 Å². The van der Waals surface area contributed by atoms with Gasteiger partial charge in [0.15, 0.2) is 0 Å². The van der Waals surface area contributed by atoms with Gasteiger partial charge in [0.1, 0.15) is 5.82 Å². The molecule has 2 aromatic rings. The molecular formula is C16H23N7O. The highest BCUT2D eigenvalue weighted by molar-refractivity contribution is 5.97. The average molecular weight is 329 g/mol. The number of nitrogens with two attached hydrogens (primary N) is 1. The Morgan fingerprint density at radius 3 is 2.75 bits per heavy atom. The van der Waals surface area contributed by atoms with Crippen molar-refractivity contribution in [3.63, 3.8) is 0 Å². The van der Waals surface area contributed by atoms with Crippen LogP contribution < -0.4 is 16.4 Å². The number of primary amides is 1. The normalized spacial score (nSPS) is 11.1. The molecule has 2 rings (SSSR count). The van der Waals surface area contributed by atoms with E-state index in [1.54, 1.807) is 12.3 Å². The summed E-state index contributed by atoms with van der Waals surface area (Å²) in [7, 11) is 0. The fourth-order valence-corrected chi connectivity index (χ4v) is 1.93. The van der Waals surface area contributed by atoms with E-state index in [9.17, 15) is 4.79 Å². The lowest BCUT2D eigenvalue weighted by Crippen LogP contribution is -2.21. The van der Waals surface area contributed by atoms with Crippen molar-refractivity contribution < 1.29 is 4.79 Å². The van der Waals surface area contributed by atoms with Crippen molar-refractivity contribution in [1.82, 2.24) is 19.7 Å². The molecule has 0 spiro atoms. The van der Waals surface area contributed by atoms with Gasteiger partial charge < -0.3 is 16.4 Å². The number of anilines is 3. The lowest BCUT2D eigenvalue weighted by molar-refractivity contribution is 0.100. The maximum absolute atomic E-state index is 11.5. The Hall–Kier alpha value is -2.90. The van der Waals surface area contributed by atoms with Crippen LogP contribution in [0, 0.1) is 0 Å². The summed E-state index contributed by atoms with van der Waals surface area (Å²) in [5.74, 6) is 0.169. The summed E-state index contributed by atoms with van der Waals surface area (Å²) in [5.41, 5.74) is 6.25. The number of hydrogen-bond acceptors (Lipinski definition) is 6. The Bertz CT molecular complexity index is 730. The monoisotopic (exact) mass is 329 g/mol. The summed E-state index contributed by atoms with van der Waals surface area (Å²) in [6.07, 6.45) is 7.49. The standard InChI is InChI=1S/C16H23N7O/c1-5-6-7-18-14-12(13(17)24)9-19-15(22-14)21-11-8-20-23(10-11)16(2,3)4/h5,8-10H,1,6-7H2,2-4H3,(H2,17,24)(H2,18,19,21,22). The van der Waals surface area contributed by atoms with Crippen molar-refractivity contribution in [2.75, 3.05) is 17.2 Å². The first kappa shape index (κ1) is 17.5. The van der Waals surface area contributed by atoms with E-state index in [1.165, 1.54) is 6.20 Å². The zero-order valence-electron chi connectivity index (χ0n) is 14.2. The molecule has 0 saturated carbocycles. The van der Waals surface area contributed by atoms with Crippen LogP contribution in [0.15, 0.2) is 31.2 Å². The van der Waals surface area contributed by atoms with Crippen LogP contribution in [-0.4, -0.2) is 32.2 Å². The van der Waals surface area contributed by atoms with E-state index < -0.39 is 5.91 Å². The highest BCUT2D eigenvalue weighted by Crippen LogP contribution is 2.20. The largest absolute Gasteiger partial charge is 0.369 e. The topological polar surface area (TPSA) is 111 Å². The van der Waals surface area contributed by atoms with E-state index in [2.05, 4.69) is 53.1 Å². The fraction of sp³-hybridized carbons (Fsp3) is 0.375. The van der Waals surface area contributed by atoms with Gasteiger partial charge in [-0.05, 0) is 27.2 Å². The van der Waals surface area contributed by atoms with E-state index >= 15 is 0 Å². The molecule has 0 atom stereocenters. The highest BCUT2D eigenvalue weighted by atomic mass is 16.1. The van der Waals surface area contributed by atoms with E-state index in [0.29, 0.717) is 18.3 Å². The van der Waals surface area contributed by atoms with Crippen LogP contribution in [-0.2, 0) is 5.54 Å². The number of rotatable bonds is 7. The zero-order chi connectivity index (χ0) is 17.7. The third kappa shape index (κ3) is 4.31. The first-order valence-corrected chi connectivity index (χ1v) is 7.65. The van der Waals surface area contributed by atoms with Gasteiger partial charge in [0.25, 0.3) is 5.91 Å². The molecule has 0 aromatic carbocycles. The molecule has 8 heteroatoms. The second-order valence-electron chi connectivity index (χ2n) is 6.29. The van der Waals surface area contributed by atoms with E-state index in [0.717, 1.165) is 12.1 Å². The molecule has 2 heterocycles. The number of nitrogens with zero attached hydrogens (tertiary/aromatic N) is 4. The number of aromatic nitrogens is 4. The summed E-state index contributed by atoms with van der Waals surface area (Å²) in [5, 5.41) is 10.5. The Kier molecular flexibility index (Phi) is 5.18. The maximum Gasteiger partial charge on any atom is 0.254 e. The van der Waals surface area contributed by atoms with E-state index in [4.69, 9.17) is 5.73 Å². The van der Waals surface area contributed by atoms with Crippen LogP contribution in [0.25, 0.3) is 0 Å². The summed E-state index contributed by atoms with van der Waals surface area (Å²) in [4.78, 5) is 19.9. The molecule has 8 nitrogen and oxygen atoms in total.